The normalized spacial score (nSPS) is 11.0. The number of nitriles is 1. The lowest BCUT2D eigenvalue weighted by Crippen LogP contribution is -2.14. The van der Waals surface area contributed by atoms with Crippen molar-refractivity contribution in [3.8, 4) is 6.07 Å². The van der Waals surface area contributed by atoms with Gasteiger partial charge in [0.15, 0.2) is 15.5 Å². The lowest BCUT2D eigenvalue weighted by atomic mass is 10.2. The first kappa shape index (κ1) is 14.7. The number of sulfone groups is 1. The molecular weight excluding hydrogens is 294 g/mol. The minimum Gasteiger partial charge on any atom is -0.476 e. The highest BCUT2D eigenvalue weighted by Crippen LogP contribution is 2.13. The Labute approximate surface area is 121 Å². The molecule has 1 heterocycles. The maximum absolute atomic E-state index is 12.1. The molecule has 7 nitrogen and oxygen atoms in total. The average Bonchev–Trinajstić information content (AvgIpc) is 2.94. The minimum atomic E-state index is -3.56. The number of nitrogens with zero attached hydrogens (tertiary/aromatic N) is 3. The van der Waals surface area contributed by atoms with Crippen molar-refractivity contribution in [2.45, 2.75) is 11.4 Å². The molecule has 0 spiro atoms. The van der Waals surface area contributed by atoms with Gasteiger partial charge in [-0.05, 0) is 24.3 Å². The highest BCUT2D eigenvalue weighted by atomic mass is 32.2. The number of hydrogen-bond acceptors (Lipinski definition) is 5. The molecule has 0 fully saturated rings. The van der Waals surface area contributed by atoms with Crippen molar-refractivity contribution in [2.24, 2.45) is 0 Å². The van der Waals surface area contributed by atoms with Crippen LogP contribution in [-0.2, 0) is 16.4 Å². The van der Waals surface area contributed by atoms with Crippen molar-refractivity contribution in [1.82, 2.24) is 9.78 Å². The summed E-state index contributed by atoms with van der Waals surface area (Å²) < 4.78 is 25.6. The van der Waals surface area contributed by atoms with Crippen LogP contribution < -0.4 is 0 Å². The van der Waals surface area contributed by atoms with Crippen LogP contribution in [0.1, 0.15) is 16.1 Å². The van der Waals surface area contributed by atoms with E-state index in [0.29, 0.717) is 0 Å². The summed E-state index contributed by atoms with van der Waals surface area (Å²) >= 11 is 0. The molecule has 8 heteroatoms. The summed E-state index contributed by atoms with van der Waals surface area (Å²) in [5, 5.41) is 21.3. The quantitative estimate of drug-likeness (QED) is 0.879. The van der Waals surface area contributed by atoms with E-state index in [9.17, 15) is 13.2 Å². The van der Waals surface area contributed by atoms with Crippen LogP contribution in [0, 0.1) is 11.3 Å². The predicted octanol–water partition coefficient (Wildman–Crippen LogP) is 0.927. The van der Waals surface area contributed by atoms with Gasteiger partial charge in [0.25, 0.3) is 0 Å². The summed E-state index contributed by atoms with van der Waals surface area (Å²) in [5.74, 6) is -1.40. The zero-order valence-electron chi connectivity index (χ0n) is 10.8. The monoisotopic (exact) mass is 305 g/mol. The highest BCUT2D eigenvalue weighted by molar-refractivity contribution is 7.91. The Morgan fingerprint density at radius 3 is 2.76 bits per heavy atom. The Hall–Kier alpha value is -2.66. The van der Waals surface area contributed by atoms with E-state index in [4.69, 9.17) is 10.4 Å². The van der Waals surface area contributed by atoms with Gasteiger partial charge in [-0.3, -0.25) is 4.68 Å². The van der Waals surface area contributed by atoms with Crippen molar-refractivity contribution in [1.29, 1.82) is 5.26 Å². The van der Waals surface area contributed by atoms with Crippen LogP contribution in [0.25, 0.3) is 0 Å². The number of carbonyl (C=O) groups is 1. The molecule has 0 aliphatic rings. The number of rotatable bonds is 5. The lowest BCUT2D eigenvalue weighted by Gasteiger charge is -2.05. The summed E-state index contributed by atoms with van der Waals surface area (Å²) in [7, 11) is -3.56. The molecule has 1 aromatic heterocycles. The Morgan fingerprint density at radius 1 is 1.38 bits per heavy atom. The Bertz CT molecular complexity index is 818. The second-order valence-electron chi connectivity index (χ2n) is 4.23. The fourth-order valence-corrected chi connectivity index (χ4v) is 2.95. The summed E-state index contributed by atoms with van der Waals surface area (Å²) in [6, 6.07) is 8.93. The third kappa shape index (κ3) is 3.46. The molecule has 0 aliphatic carbocycles. The zero-order chi connectivity index (χ0) is 15.5. The Morgan fingerprint density at radius 2 is 2.14 bits per heavy atom. The molecule has 0 aliphatic heterocycles. The maximum atomic E-state index is 12.1. The van der Waals surface area contributed by atoms with E-state index in [1.807, 2.05) is 6.07 Å². The Kier molecular flexibility index (Phi) is 4.05. The van der Waals surface area contributed by atoms with E-state index in [-0.39, 0.29) is 28.5 Å². The van der Waals surface area contributed by atoms with Gasteiger partial charge < -0.3 is 5.11 Å². The number of aromatic carboxylic acids is 1. The standard InChI is InChI=1S/C13H11N3O4S/c14-9-10-2-1-3-11(8-10)21(19,20)7-6-16-5-4-12(15-16)13(17)18/h1-5,8H,6-7H2,(H,17,18). The SMILES string of the molecule is N#Cc1cccc(S(=O)(=O)CCn2ccc(C(=O)O)n2)c1. The van der Waals surface area contributed by atoms with Crippen LogP contribution in [0.3, 0.4) is 0 Å². The van der Waals surface area contributed by atoms with E-state index in [1.165, 1.54) is 41.2 Å². The molecule has 0 unspecified atom stereocenters. The van der Waals surface area contributed by atoms with E-state index < -0.39 is 15.8 Å². The van der Waals surface area contributed by atoms with Gasteiger partial charge >= 0.3 is 5.97 Å². The van der Waals surface area contributed by atoms with Gasteiger partial charge in [-0.2, -0.15) is 10.4 Å². The van der Waals surface area contributed by atoms with Crippen LogP contribution in [0.2, 0.25) is 0 Å². The van der Waals surface area contributed by atoms with E-state index in [2.05, 4.69) is 5.10 Å². The molecule has 0 amide bonds. The summed E-state index contributed by atoms with van der Waals surface area (Å²) in [4.78, 5) is 10.7. The van der Waals surface area contributed by atoms with Gasteiger partial charge in [-0.25, -0.2) is 13.2 Å². The fraction of sp³-hybridized carbons (Fsp3) is 0.154. The van der Waals surface area contributed by atoms with Crippen molar-refractivity contribution in [2.75, 3.05) is 5.75 Å². The van der Waals surface area contributed by atoms with E-state index >= 15 is 0 Å². The van der Waals surface area contributed by atoms with Gasteiger partial charge in [0, 0.05) is 6.20 Å². The molecule has 0 saturated carbocycles. The molecule has 2 aromatic rings. The molecular formula is C13H11N3O4S. The van der Waals surface area contributed by atoms with Gasteiger partial charge in [-0.15, -0.1) is 0 Å². The van der Waals surface area contributed by atoms with Crippen LogP contribution in [0.15, 0.2) is 41.4 Å². The summed E-state index contributed by atoms with van der Waals surface area (Å²) in [5.41, 5.74) is 0.127. The third-order valence-corrected chi connectivity index (χ3v) is 4.46. The van der Waals surface area contributed by atoms with Gasteiger partial charge in [0.2, 0.25) is 0 Å². The second kappa shape index (κ2) is 5.76. The van der Waals surface area contributed by atoms with Crippen LogP contribution in [-0.4, -0.2) is 35.0 Å². The molecule has 0 radical (unpaired) electrons. The van der Waals surface area contributed by atoms with Gasteiger partial charge in [0.05, 0.1) is 28.8 Å². The minimum absolute atomic E-state index is 0.0341. The maximum Gasteiger partial charge on any atom is 0.356 e. The fourth-order valence-electron chi connectivity index (χ4n) is 1.69. The molecule has 0 saturated heterocycles. The van der Waals surface area contributed by atoms with Crippen LogP contribution >= 0.6 is 0 Å². The van der Waals surface area contributed by atoms with Crippen LogP contribution in [0.5, 0.6) is 0 Å². The summed E-state index contributed by atoms with van der Waals surface area (Å²) in [6.07, 6.45) is 1.41. The highest BCUT2D eigenvalue weighted by Gasteiger charge is 2.16. The van der Waals surface area contributed by atoms with Crippen molar-refractivity contribution in [3.63, 3.8) is 0 Å². The van der Waals surface area contributed by atoms with Gasteiger partial charge in [-0.1, -0.05) is 6.07 Å². The first-order chi connectivity index (χ1) is 9.92. The molecule has 2 rings (SSSR count). The average molecular weight is 305 g/mol. The van der Waals surface area contributed by atoms with E-state index in [1.54, 1.807) is 0 Å². The third-order valence-electron chi connectivity index (χ3n) is 2.77. The number of aromatic nitrogens is 2. The molecule has 1 N–H and O–H groups in total. The Balaban J connectivity index is 2.13. The lowest BCUT2D eigenvalue weighted by molar-refractivity contribution is 0.0689. The first-order valence-electron chi connectivity index (χ1n) is 5.92. The zero-order valence-corrected chi connectivity index (χ0v) is 11.6. The first-order valence-corrected chi connectivity index (χ1v) is 7.57. The summed E-state index contributed by atoms with van der Waals surface area (Å²) in [6.45, 7) is 0.0341. The topological polar surface area (TPSA) is 113 Å². The second-order valence-corrected chi connectivity index (χ2v) is 6.34. The smallest absolute Gasteiger partial charge is 0.356 e. The molecule has 0 bridgehead atoms. The number of benzene rings is 1. The molecule has 0 atom stereocenters. The molecule has 108 valence electrons. The number of carboxylic acid groups (broad SMARTS) is 1. The van der Waals surface area contributed by atoms with Crippen molar-refractivity contribution in [3.05, 3.63) is 47.8 Å². The molecule has 21 heavy (non-hydrogen) atoms. The van der Waals surface area contributed by atoms with Crippen LogP contribution in [0.4, 0.5) is 0 Å². The number of aryl methyl sites for hydroxylation is 1. The van der Waals surface area contributed by atoms with Gasteiger partial charge in [0.1, 0.15) is 0 Å². The number of hydrogen-bond donors (Lipinski definition) is 1. The van der Waals surface area contributed by atoms with Crippen molar-refractivity contribution < 1.29 is 18.3 Å². The molecule has 1 aromatic carbocycles. The predicted molar refractivity (Wildman–Crippen MR) is 72.4 cm³/mol. The van der Waals surface area contributed by atoms with E-state index in [0.717, 1.165) is 0 Å². The largest absolute Gasteiger partial charge is 0.476 e. The van der Waals surface area contributed by atoms with Crippen molar-refractivity contribution >= 4 is 15.8 Å². The number of carboxylic acids is 1.